The lowest BCUT2D eigenvalue weighted by molar-refractivity contribution is -0.383. The van der Waals surface area contributed by atoms with E-state index in [1.807, 2.05) is 12.1 Å². The first-order valence-electron chi connectivity index (χ1n) is 5.27. The van der Waals surface area contributed by atoms with Crippen LogP contribution >= 0.6 is 11.3 Å². The van der Waals surface area contributed by atoms with Gasteiger partial charge in [0, 0.05) is 20.9 Å². The van der Waals surface area contributed by atoms with Crippen molar-refractivity contribution < 1.29 is 4.92 Å². The van der Waals surface area contributed by atoms with E-state index in [9.17, 15) is 14.9 Å². The lowest BCUT2D eigenvalue weighted by Gasteiger charge is -2.01. The monoisotopic (exact) mass is 257 g/mol. The van der Waals surface area contributed by atoms with Crippen LogP contribution in [0.1, 0.15) is 0 Å². The van der Waals surface area contributed by atoms with Crippen LogP contribution in [0, 0.1) is 10.1 Å². The Bertz CT molecular complexity index is 838. The summed E-state index contributed by atoms with van der Waals surface area (Å²) in [6.07, 6.45) is 0. The molecule has 1 aromatic heterocycles. The van der Waals surface area contributed by atoms with Crippen molar-refractivity contribution in [1.29, 1.82) is 0 Å². The van der Waals surface area contributed by atoms with Crippen molar-refractivity contribution in [3.8, 4) is 0 Å². The minimum atomic E-state index is -0.509. The first-order chi connectivity index (χ1) is 8.68. The predicted octanol–water partition coefficient (Wildman–Crippen LogP) is 3.32. The molecule has 18 heavy (non-hydrogen) atoms. The van der Waals surface area contributed by atoms with Gasteiger partial charge in [-0.3, -0.25) is 14.9 Å². The number of nitro benzene ring substituents is 1. The molecule has 0 bridgehead atoms. The molecule has 2 aromatic carbocycles. The van der Waals surface area contributed by atoms with E-state index < -0.39 is 4.92 Å². The fourth-order valence-corrected chi connectivity index (χ4v) is 3.08. The second-order valence-corrected chi connectivity index (χ2v) is 4.92. The third-order valence-electron chi connectivity index (χ3n) is 2.78. The summed E-state index contributed by atoms with van der Waals surface area (Å²) in [5.41, 5.74) is -0.397. The topological polar surface area (TPSA) is 60.2 Å². The van der Waals surface area contributed by atoms with Crippen LogP contribution in [0.5, 0.6) is 0 Å². The number of benzene rings is 2. The molecule has 0 aliphatic heterocycles. The smallest absolute Gasteiger partial charge is 0.281 e. The third kappa shape index (κ3) is 1.48. The molecule has 5 heteroatoms. The number of rotatable bonds is 1. The summed E-state index contributed by atoms with van der Waals surface area (Å²) in [6, 6.07) is 11.9. The van der Waals surface area contributed by atoms with Crippen LogP contribution in [0.15, 0.2) is 47.3 Å². The molecule has 0 fully saturated rings. The van der Waals surface area contributed by atoms with Crippen molar-refractivity contribution in [2.45, 2.75) is 0 Å². The van der Waals surface area contributed by atoms with Gasteiger partial charge in [0.15, 0.2) is 0 Å². The van der Waals surface area contributed by atoms with Gasteiger partial charge in [-0.05, 0) is 18.2 Å². The Labute approximate surface area is 105 Å². The minimum absolute atomic E-state index is 0.125. The molecule has 3 rings (SSSR count). The molecule has 0 amide bonds. The number of nitro groups is 1. The molecule has 0 spiro atoms. The van der Waals surface area contributed by atoms with Crippen molar-refractivity contribution in [2.24, 2.45) is 0 Å². The number of hydrogen-bond donors (Lipinski definition) is 0. The van der Waals surface area contributed by atoms with E-state index in [1.165, 1.54) is 17.4 Å². The van der Waals surface area contributed by atoms with Gasteiger partial charge in [0.05, 0.1) is 4.92 Å². The number of non-ortho nitro benzene ring substituents is 1. The Hall–Kier alpha value is -2.27. The molecule has 3 aromatic rings. The van der Waals surface area contributed by atoms with Crippen LogP contribution in [-0.4, -0.2) is 4.92 Å². The van der Waals surface area contributed by atoms with E-state index in [1.54, 1.807) is 24.3 Å². The average Bonchev–Trinajstić information content (AvgIpc) is 2.38. The van der Waals surface area contributed by atoms with Crippen LogP contribution in [0.2, 0.25) is 0 Å². The fourth-order valence-electron chi connectivity index (χ4n) is 1.98. The molecule has 0 unspecified atom stereocenters. The van der Waals surface area contributed by atoms with Gasteiger partial charge in [0.1, 0.15) is 5.39 Å². The first-order valence-corrected chi connectivity index (χ1v) is 6.09. The van der Waals surface area contributed by atoms with Crippen molar-refractivity contribution in [2.75, 3.05) is 0 Å². The Morgan fingerprint density at radius 1 is 1.00 bits per heavy atom. The Balaban J connectivity index is 2.61. The normalized spacial score (nSPS) is 10.9. The SMILES string of the molecule is O=c1c2ccccc2sc2cccc([N+](=O)[O-])c12. The van der Waals surface area contributed by atoms with E-state index in [2.05, 4.69) is 0 Å². The van der Waals surface area contributed by atoms with Gasteiger partial charge in [-0.25, -0.2) is 0 Å². The molecule has 0 N–H and O–H groups in total. The quantitative estimate of drug-likeness (QED) is 0.381. The average molecular weight is 257 g/mol. The molecule has 0 aliphatic carbocycles. The van der Waals surface area contributed by atoms with Crippen LogP contribution in [0.25, 0.3) is 20.2 Å². The number of nitrogens with zero attached hydrogens (tertiary/aromatic N) is 1. The van der Waals surface area contributed by atoms with Gasteiger partial charge in [-0.1, -0.05) is 18.2 Å². The summed E-state index contributed by atoms with van der Waals surface area (Å²) in [5, 5.41) is 11.7. The van der Waals surface area contributed by atoms with Gasteiger partial charge >= 0.3 is 0 Å². The van der Waals surface area contributed by atoms with Crippen molar-refractivity contribution >= 4 is 37.2 Å². The molecule has 0 aliphatic rings. The summed E-state index contributed by atoms with van der Waals surface area (Å²) in [7, 11) is 0. The Kier molecular flexibility index (Phi) is 2.34. The van der Waals surface area contributed by atoms with E-state index in [0.717, 1.165) is 4.70 Å². The molecule has 88 valence electrons. The highest BCUT2D eigenvalue weighted by Crippen LogP contribution is 2.29. The first kappa shape index (κ1) is 10.9. The van der Waals surface area contributed by atoms with Crippen LogP contribution in [-0.2, 0) is 0 Å². The Morgan fingerprint density at radius 2 is 1.72 bits per heavy atom. The highest BCUT2D eigenvalue weighted by Gasteiger charge is 2.16. The zero-order chi connectivity index (χ0) is 12.7. The standard InChI is InChI=1S/C13H7NO3S/c15-13-8-4-1-2-6-10(8)18-11-7-3-5-9(12(11)13)14(16)17/h1-7H. The molecular formula is C13H7NO3S. The maximum Gasteiger partial charge on any atom is 0.281 e. The summed E-state index contributed by atoms with van der Waals surface area (Å²) in [5.74, 6) is 0. The van der Waals surface area contributed by atoms with E-state index in [0.29, 0.717) is 10.1 Å². The summed E-state index contributed by atoms with van der Waals surface area (Å²) in [6.45, 7) is 0. The molecule has 1 heterocycles. The molecular weight excluding hydrogens is 250 g/mol. The van der Waals surface area contributed by atoms with Gasteiger partial charge < -0.3 is 0 Å². The Morgan fingerprint density at radius 3 is 2.50 bits per heavy atom. The summed E-state index contributed by atoms with van der Waals surface area (Å²) < 4.78 is 1.49. The molecule has 0 saturated heterocycles. The predicted molar refractivity (Wildman–Crippen MR) is 72.3 cm³/mol. The van der Waals surface area contributed by atoms with Crippen molar-refractivity contribution in [3.05, 3.63) is 62.8 Å². The summed E-state index contributed by atoms with van der Waals surface area (Å²) >= 11 is 1.39. The lowest BCUT2D eigenvalue weighted by atomic mass is 10.1. The molecule has 0 radical (unpaired) electrons. The van der Waals surface area contributed by atoms with Crippen LogP contribution in [0.3, 0.4) is 0 Å². The van der Waals surface area contributed by atoms with E-state index >= 15 is 0 Å². The van der Waals surface area contributed by atoms with Gasteiger partial charge in [-0.2, -0.15) is 0 Å². The fraction of sp³-hybridized carbons (Fsp3) is 0. The van der Waals surface area contributed by atoms with Gasteiger partial charge in [-0.15, -0.1) is 11.3 Å². The zero-order valence-corrected chi connectivity index (χ0v) is 9.94. The molecule has 0 saturated carbocycles. The molecule has 0 atom stereocenters. The van der Waals surface area contributed by atoms with E-state index in [-0.39, 0.29) is 16.5 Å². The second-order valence-electron chi connectivity index (χ2n) is 3.83. The second kappa shape index (κ2) is 3.89. The summed E-state index contributed by atoms with van der Waals surface area (Å²) in [4.78, 5) is 22.8. The van der Waals surface area contributed by atoms with Crippen molar-refractivity contribution in [3.63, 3.8) is 0 Å². The van der Waals surface area contributed by atoms with Crippen LogP contribution in [0.4, 0.5) is 5.69 Å². The maximum atomic E-state index is 12.3. The zero-order valence-electron chi connectivity index (χ0n) is 9.12. The van der Waals surface area contributed by atoms with E-state index in [4.69, 9.17) is 0 Å². The van der Waals surface area contributed by atoms with Crippen LogP contribution < -0.4 is 5.43 Å². The highest BCUT2D eigenvalue weighted by molar-refractivity contribution is 7.24. The number of hydrogen-bond acceptors (Lipinski definition) is 4. The minimum Gasteiger partial charge on any atom is -0.288 e. The number of fused-ring (bicyclic) bond motifs is 2. The third-order valence-corrected chi connectivity index (χ3v) is 3.92. The maximum absolute atomic E-state index is 12.3. The van der Waals surface area contributed by atoms with Gasteiger partial charge in [0.2, 0.25) is 5.43 Å². The molecule has 4 nitrogen and oxygen atoms in total. The van der Waals surface area contributed by atoms with Gasteiger partial charge in [0.25, 0.3) is 5.69 Å². The van der Waals surface area contributed by atoms with Crippen molar-refractivity contribution in [1.82, 2.24) is 0 Å². The highest BCUT2D eigenvalue weighted by atomic mass is 32.1. The lowest BCUT2D eigenvalue weighted by Crippen LogP contribution is -2.04. The largest absolute Gasteiger partial charge is 0.288 e.